The summed E-state index contributed by atoms with van der Waals surface area (Å²) in [5, 5.41) is 6.80. The van der Waals surface area contributed by atoms with Crippen LogP contribution in [-0.4, -0.2) is 64.2 Å². The molecule has 0 aliphatic carbocycles. The topological polar surface area (TPSA) is 142 Å². The number of benzene rings is 1. The third kappa shape index (κ3) is 4.40. The summed E-state index contributed by atoms with van der Waals surface area (Å²) >= 11 is 6.26. The highest BCUT2D eigenvalue weighted by molar-refractivity contribution is 6.33. The van der Waals surface area contributed by atoms with Crippen LogP contribution in [0.3, 0.4) is 0 Å². The lowest BCUT2D eigenvalue weighted by Crippen LogP contribution is -2.44. The number of aldehydes is 1. The van der Waals surface area contributed by atoms with Gasteiger partial charge in [-0.15, -0.1) is 0 Å². The first-order valence-electron chi connectivity index (χ1n) is 11.4. The molecule has 5 rings (SSSR count). The second-order valence-corrected chi connectivity index (χ2v) is 8.88. The van der Waals surface area contributed by atoms with Gasteiger partial charge in [0.05, 0.1) is 40.9 Å². The molecule has 0 unspecified atom stereocenters. The average molecular weight is 506 g/mol. The first-order valence-corrected chi connectivity index (χ1v) is 11.8. The maximum absolute atomic E-state index is 13.1. The number of amidine groups is 1. The summed E-state index contributed by atoms with van der Waals surface area (Å²) in [5.74, 6) is 1.27. The van der Waals surface area contributed by atoms with Crippen molar-refractivity contribution in [3.05, 3.63) is 58.9 Å². The van der Waals surface area contributed by atoms with Gasteiger partial charge < -0.3 is 26.2 Å². The van der Waals surface area contributed by atoms with E-state index in [1.54, 1.807) is 42.5 Å². The summed E-state index contributed by atoms with van der Waals surface area (Å²) in [6, 6.07) is 8.49. The number of nitrogens with zero attached hydrogens (tertiary/aromatic N) is 6. The lowest BCUT2D eigenvalue weighted by molar-refractivity contribution is 0.0796. The van der Waals surface area contributed by atoms with Gasteiger partial charge in [-0.2, -0.15) is 9.97 Å². The third-order valence-corrected chi connectivity index (χ3v) is 6.44. The number of pyridine rings is 1. The number of aliphatic imine (C=N–C) groups is 1. The number of hydrogen-bond donors (Lipinski definition) is 3. The molecule has 1 aromatic carbocycles. The van der Waals surface area contributed by atoms with E-state index in [2.05, 4.69) is 25.6 Å². The molecule has 0 spiro atoms. The van der Waals surface area contributed by atoms with Crippen LogP contribution in [-0.2, 0) is 0 Å². The van der Waals surface area contributed by atoms with Crippen LogP contribution >= 0.6 is 11.6 Å². The Hall–Kier alpha value is -4.25. The van der Waals surface area contributed by atoms with Gasteiger partial charge in [-0.05, 0) is 37.1 Å². The van der Waals surface area contributed by atoms with Crippen LogP contribution in [0.1, 0.15) is 33.6 Å². The molecule has 1 atom stereocenters. The van der Waals surface area contributed by atoms with E-state index in [4.69, 9.17) is 22.3 Å². The number of amides is 1. The highest BCUT2D eigenvalue weighted by Crippen LogP contribution is 2.35. The molecule has 0 radical (unpaired) electrons. The zero-order valence-electron chi connectivity index (χ0n) is 19.5. The number of fused-ring (bicyclic) bond motifs is 1. The van der Waals surface area contributed by atoms with Gasteiger partial charge in [0, 0.05) is 19.8 Å². The van der Waals surface area contributed by atoms with E-state index in [-0.39, 0.29) is 17.9 Å². The first kappa shape index (κ1) is 23.5. The standard InChI is InChI=1S/C24H24ClN9O2/c1-33-13-28-21-19(23(33)36)22(32-24(26)31-21)34-10-4-8-18(34)20(29-14-5-3-9-27-11-14)30-17-7-2-6-16(25)15(17)12-35/h2-3,5-7,9,11-12,18H,4,8,10,13H2,1H3,(H,29,30)(H3,26,28,31,32)/t18-/m0/s1. The Morgan fingerprint density at radius 1 is 1.31 bits per heavy atom. The Kier molecular flexibility index (Phi) is 6.38. The first-order chi connectivity index (χ1) is 17.5. The second kappa shape index (κ2) is 9.78. The van der Waals surface area contributed by atoms with Crippen molar-refractivity contribution < 1.29 is 9.59 Å². The van der Waals surface area contributed by atoms with E-state index in [0.717, 1.165) is 18.5 Å². The predicted molar refractivity (Wildman–Crippen MR) is 139 cm³/mol. The fourth-order valence-corrected chi connectivity index (χ4v) is 4.61. The van der Waals surface area contributed by atoms with Crippen LogP contribution in [0.4, 0.5) is 29.0 Å². The van der Waals surface area contributed by atoms with Gasteiger partial charge >= 0.3 is 0 Å². The number of rotatable bonds is 5. The average Bonchev–Trinajstić information content (AvgIpc) is 3.36. The summed E-state index contributed by atoms with van der Waals surface area (Å²) in [4.78, 5) is 46.2. The van der Waals surface area contributed by atoms with E-state index in [1.165, 1.54) is 0 Å². The lowest BCUT2D eigenvalue weighted by atomic mass is 10.1. The maximum Gasteiger partial charge on any atom is 0.262 e. The fourth-order valence-electron chi connectivity index (χ4n) is 4.40. The molecule has 2 aliphatic rings. The number of nitrogens with one attached hydrogen (secondary N) is 2. The van der Waals surface area contributed by atoms with Gasteiger partial charge in [0.15, 0.2) is 6.29 Å². The minimum absolute atomic E-state index is 0.0658. The van der Waals surface area contributed by atoms with Crippen molar-refractivity contribution in [1.82, 2.24) is 19.9 Å². The minimum Gasteiger partial charge on any atom is -0.368 e. The molecule has 36 heavy (non-hydrogen) atoms. The number of aromatic nitrogens is 3. The van der Waals surface area contributed by atoms with Crippen molar-refractivity contribution in [3.8, 4) is 0 Å². The molecule has 0 saturated carbocycles. The highest BCUT2D eigenvalue weighted by atomic mass is 35.5. The van der Waals surface area contributed by atoms with Crippen molar-refractivity contribution in [2.24, 2.45) is 4.99 Å². The molecule has 1 fully saturated rings. The summed E-state index contributed by atoms with van der Waals surface area (Å²) in [5.41, 5.74) is 7.84. The van der Waals surface area contributed by atoms with Crippen LogP contribution in [0.5, 0.6) is 0 Å². The molecule has 11 nitrogen and oxygen atoms in total. The number of halogens is 1. The van der Waals surface area contributed by atoms with E-state index in [9.17, 15) is 9.59 Å². The zero-order chi connectivity index (χ0) is 25.2. The number of carbonyl (C=O) groups is 2. The SMILES string of the molecule is CN1CNc2nc(N)nc(N3CCC[C@H]3/C(=N/c3cccc(Cl)c3C=O)Nc3cccnc3)c2C1=O. The molecule has 12 heteroatoms. The molecule has 4 N–H and O–H groups in total. The second-order valence-electron chi connectivity index (χ2n) is 8.47. The number of hydrogen-bond acceptors (Lipinski definition) is 9. The molecule has 1 amide bonds. The summed E-state index contributed by atoms with van der Waals surface area (Å²) in [7, 11) is 1.71. The van der Waals surface area contributed by atoms with E-state index in [1.807, 2.05) is 17.0 Å². The van der Waals surface area contributed by atoms with E-state index < -0.39 is 0 Å². The Morgan fingerprint density at radius 2 is 2.17 bits per heavy atom. The van der Waals surface area contributed by atoms with Gasteiger partial charge in [-0.1, -0.05) is 17.7 Å². The molecule has 4 heterocycles. The van der Waals surface area contributed by atoms with E-state index >= 15 is 0 Å². The van der Waals surface area contributed by atoms with Gasteiger partial charge in [0.1, 0.15) is 23.0 Å². The maximum atomic E-state index is 13.1. The van der Waals surface area contributed by atoms with Crippen molar-refractivity contribution >= 4 is 58.6 Å². The molecular weight excluding hydrogens is 482 g/mol. The molecule has 184 valence electrons. The van der Waals surface area contributed by atoms with Crippen LogP contribution in [0.15, 0.2) is 47.7 Å². The number of carbonyl (C=O) groups excluding carboxylic acids is 2. The van der Waals surface area contributed by atoms with Crippen molar-refractivity contribution in [2.75, 3.05) is 41.5 Å². The largest absolute Gasteiger partial charge is 0.368 e. The minimum atomic E-state index is -0.304. The number of anilines is 4. The number of nitrogen functional groups attached to an aromatic ring is 1. The molecular formula is C24H24ClN9O2. The van der Waals surface area contributed by atoms with Gasteiger partial charge in [-0.25, -0.2) is 4.99 Å². The van der Waals surface area contributed by atoms with Gasteiger partial charge in [0.25, 0.3) is 5.91 Å². The van der Waals surface area contributed by atoms with Crippen molar-refractivity contribution in [2.45, 2.75) is 18.9 Å². The van der Waals surface area contributed by atoms with Gasteiger partial charge in [-0.3, -0.25) is 14.6 Å². The van der Waals surface area contributed by atoms with Crippen molar-refractivity contribution in [3.63, 3.8) is 0 Å². The summed E-state index contributed by atoms with van der Waals surface area (Å²) in [6.45, 7) is 0.943. The Labute approximate surface area is 212 Å². The van der Waals surface area contributed by atoms with Gasteiger partial charge in [0.2, 0.25) is 5.95 Å². The number of nitrogens with two attached hydrogens (primary N) is 1. The molecule has 2 aromatic heterocycles. The monoisotopic (exact) mass is 505 g/mol. The van der Waals surface area contributed by atoms with Crippen LogP contribution in [0.2, 0.25) is 5.02 Å². The summed E-state index contributed by atoms with van der Waals surface area (Å²) < 4.78 is 0. The predicted octanol–water partition coefficient (Wildman–Crippen LogP) is 3.19. The molecule has 2 aliphatic heterocycles. The van der Waals surface area contributed by atoms with Crippen LogP contribution < -0.4 is 21.3 Å². The summed E-state index contributed by atoms with van der Waals surface area (Å²) in [6.07, 6.45) is 5.59. The molecule has 0 bridgehead atoms. The lowest BCUT2D eigenvalue weighted by Gasteiger charge is -2.32. The Balaban J connectivity index is 1.63. The normalized spacial score (nSPS) is 17.6. The molecule has 3 aromatic rings. The quantitative estimate of drug-likeness (QED) is 0.270. The molecule has 1 saturated heterocycles. The zero-order valence-corrected chi connectivity index (χ0v) is 20.2. The smallest absolute Gasteiger partial charge is 0.262 e. The van der Waals surface area contributed by atoms with E-state index in [0.29, 0.717) is 58.8 Å². The Bertz CT molecular complexity index is 1350. The highest BCUT2D eigenvalue weighted by Gasteiger charge is 2.37. The third-order valence-electron chi connectivity index (χ3n) is 6.11. The van der Waals surface area contributed by atoms with Crippen molar-refractivity contribution in [1.29, 1.82) is 0 Å². The fraction of sp³-hybridized carbons (Fsp3) is 0.250. The van der Waals surface area contributed by atoms with Crippen LogP contribution in [0, 0.1) is 0 Å². The van der Waals surface area contributed by atoms with Crippen LogP contribution in [0.25, 0.3) is 0 Å². The Morgan fingerprint density at radius 3 is 2.94 bits per heavy atom.